The number of rotatable bonds is 13. The Morgan fingerprint density at radius 2 is 1.40 bits per heavy atom. The lowest BCUT2D eigenvalue weighted by molar-refractivity contribution is 0.328. The largest absolute Gasteiger partial charge is 0.314 e. The molecule has 1 saturated carbocycles. The van der Waals surface area contributed by atoms with E-state index in [1.807, 2.05) is 0 Å². The summed E-state index contributed by atoms with van der Waals surface area (Å²) in [5, 5.41) is 3.87. The van der Waals surface area contributed by atoms with Crippen LogP contribution in [0.15, 0.2) is 0 Å². The minimum absolute atomic E-state index is 0.833. The molecular formula is C19H39N. The maximum Gasteiger partial charge on any atom is 0.00953 e. The third-order valence-electron chi connectivity index (χ3n) is 5.02. The number of hydrogen-bond acceptors (Lipinski definition) is 1. The van der Waals surface area contributed by atoms with Gasteiger partial charge in [-0.15, -0.1) is 0 Å². The highest BCUT2D eigenvalue weighted by Crippen LogP contribution is 2.30. The average molecular weight is 282 g/mol. The van der Waals surface area contributed by atoms with Crippen molar-refractivity contribution in [3.63, 3.8) is 0 Å². The lowest BCUT2D eigenvalue weighted by atomic mass is 9.92. The first-order valence-corrected chi connectivity index (χ1v) is 9.61. The fourth-order valence-corrected chi connectivity index (χ4v) is 3.65. The third kappa shape index (κ3) is 8.29. The summed E-state index contributed by atoms with van der Waals surface area (Å²) in [5.41, 5.74) is 0. The number of nitrogens with one attached hydrogen (secondary N) is 1. The summed E-state index contributed by atoms with van der Waals surface area (Å²) in [4.78, 5) is 0. The Hall–Kier alpha value is -0.0400. The molecule has 1 aliphatic carbocycles. The smallest absolute Gasteiger partial charge is 0.00953 e. The zero-order chi connectivity index (χ0) is 14.5. The summed E-state index contributed by atoms with van der Waals surface area (Å²) in [7, 11) is 0. The van der Waals surface area contributed by atoms with Gasteiger partial charge in [-0.2, -0.15) is 0 Å². The molecule has 0 radical (unpaired) electrons. The molecule has 0 aromatic carbocycles. The van der Waals surface area contributed by atoms with Crippen LogP contribution < -0.4 is 5.32 Å². The van der Waals surface area contributed by atoms with E-state index in [0.29, 0.717) is 0 Å². The lowest BCUT2D eigenvalue weighted by Crippen LogP contribution is -2.35. The van der Waals surface area contributed by atoms with Crippen LogP contribution >= 0.6 is 0 Å². The summed E-state index contributed by atoms with van der Waals surface area (Å²) in [5.74, 6) is 0.993. The molecule has 1 N–H and O–H groups in total. The molecule has 1 atom stereocenters. The first kappa shape index (κ1) is 18.0. The van der Waals surface area contributed by atoms with E-state index in [-0.39, 0.29) is 0 Å². The molecule has 1 nitrogen and oxygen atoms in total. The van der Waals surface area contributed by atoms with Crippen LogP contribution in [0.5, 0.6) is 0 Å². The van der Waals surface area contributed by atoms with Gasteiger partial charge in [0.2, 0.25) is 0 Å². The van der Waals surface area contributed by atoms with Crippen molar-refractivity contribution in [3.8, 4) is 0 Å². The average Bonchev–Trinajstić information content (AvgIpc) is 2.98. The third-order valence-corrected chi connectivity index (χ3v) is 5.02. The van der Waals surface area contributed by atoms with Crippen LogP contribution in [0.25, 0.3) is 0 Å². The highest BCUT2D eigenvalue weighted by Gasteiger charge is 2.23. The Labute approximate surface area is 128 Å². The molecule has 20 heavy (non-hydrogen) atoms. The van der Waals surface area contributed by atoms with Gasteiger partial charge in [-0.25, -0.2) is 0 Å². The fraction of sp³-hybridized carbons (Fsp3) is 1.00. The van der Waals surface area contributed by atoms with Gasteiger partial charge < -0.3 is 5.32 Å². The highest BCUT2D eigenvalue weighted by molar-refractivity contribution is 4.80. The fourth-order valence-electron chi connectivity index (χ4n) is 3.65. The first-order valence-electron chi connectivity index (χ1n) is 9.61. The molecule has 0 amide bonds. The van der Waals surface area contributed by atoms with E-state index in [9.17, 15) is 0 Å². The second-order valence-electron chi connectivity index (χ2n) is 6.87. The van der Waals surface area contributed by atoms with E-state index >= 15 is 0 Å². The zero-order valence-electron chi connectivity index (χ0n) is 14.3. The second-order valence-corrected chi connectivity index (χ2v) is 6.87. The molecule has 1 unspecified atom stereocenters. The van der Waals surface area contributed by atoms with Gasteiger partial charge in [0.15, 0.2) is 0 Å². The van der Waals surface area contributed by atoms with Crippen LogP contribution in [0.2, 0.25) is 0 Å². The van der Waals surface area contributed by atoms with Crippen molar-refractivity contribution in [3.05, 3.63) is 0 Å². The molecule has 0 heterocycles. The Balaban J connectivity index is 2.09. The van der Waals surface area contributed by atoms with E-state index in [2.05, 4.69) is 19.2 Å². The van der Waals surface area contributed by atoms with Gasteiger partial charge in [-0.1, -0.05) is 78.1 Å². The SMILES string of the molecule is CCCCCCCCCC(NCCCC)C1CCCC1. The first-order chi connectivity index (χ1) is 9.88. The minimum Gasteiger partial charge on any atom is -0.314 e. The maximum absolute atomic E-state index is 3.87. The lowest BCUT2D eigenvalue weighted by Gasteiger charge is -2.25. The summed E-state index contributed by atoms with van der Waals surface area (Å²) < 4.78 is 0. The van der Waals surface area contributed by atoms with Crippen LogP contribution in [-0.2, 0) is 0 Å². The van der Waals surface area contributed by atoms with Crippen molar-refractivity contribution in [1.29, 1.82) is 0 Å². The van der Waals surface area contributed by atoms with Gasteiger partial charge in [0, 0.05) is 6.04 Å². The van der Waals surface area contributed by atoms with E-state index in [4.69, 9.17) is 0 Å². The monoisotopic (exact) mass is 281 g/mol. The molecule has 1 aliphatic rings. The number of hydrogen-bond donors (Lipinski definition) is 1. The standard InChI is InChI=1S/C19H39N/c1-3-5-7-8-9-10-11-16-19(20-17-6-4-2)18-14-12-13-15-18/h18-20H,3-17H2,1-2H3. The molecule has 1 heteroatoms. The molecule has 120 valence electrons. The van der Waals surface area contributed by atoms with Gasteiger partial charge in [-0.05, 0) is 38.1 Å². The predicted octanol–water partition coefficient (Wildman–Crippen LogP) is 6.08. The summed E-state index contributed by atoms with van der Waals surface area (Å²) in [6.45, 7) is 5.84. The normalized spacial score (nSPS) is 17.7. The van der Waals surface area contributed by atoms with Crippen molar-refractivity contribution in [2.45, 2.75) is 110 Å². The van der Waals surface area contributed by atoms with Crippen molar-refractivity contribution in [2.24, 2.45) is 5.92 Å². The molecule has 0 spiro atoms. The van der Waals surface area contributed by atoms with Gasteiger partial charge in [0.1, 0.15) is 0 Å². The van der Waals surface area contributed by atoms with Crippen LogP contribution in [0, 0.1) is 5.92 Å². The predicted molar refractivity (Wildman–Crippen MR) is 91.3 cm³/mol. The van der Waals surface area contributed by atoms with Gasteiger partial charge in [0.05, 0.1) is 0 Å². The van der Waals surface area contributed by atoms with Gasteiger partial charge in [0.25, 0.3) is 0 Å². The molecule has 0 aliphatic heterocycles. The Kier molecular flexibility index (Phi) is 11.4. The topological polar surface area (TPSA) is 12.0 Å². The molecular weight excluding hydrogens is 242 g/mol. The second kappa shape index (κ2) is 12.7. The van der Waals surface area contributed by atoms with Gasteiger partial charge in [-0.3, -0.25) is 0 Å². The molecule has 1 rings (SSSR count). The summed E-state index contributed by atoms with van der Waals surface area (Å²) >= 11 is 0. The molecule has 0 aromatic rings. The van der Waals surface area contributed by atoms with Crippen LogP contribution in [0.4, 0.5) is 0 Å². The quantitative estimate of drug-likeness (QED) is 0.404. The minimum atomic E-state index is 0.833. The number of unbranched alkanes of at least 4 members (excludes halogenated alkanes) is 7. The molecule has 0 saturated heterocycles. The van der Waals surface area contributed by atoms with Crippen molar-refractivity contribution >= 4 is 0 Å². The highest BCUT2D eigenvalue weighted by atomic mass is 14.9. The summed E-state index contributed by atoms with van der Waals surface area (Å²) in [6, 6.07) is 0.833. The van der Waals surface area contributed by atoms with E-state index in [0.717, 1.165) is 12.0 Å². The van der Waals surface area contributed by atoms with Crippen LogP contribution in [0.3, 0.4) is 0 Å². The van der Waals surface area contributed by atoms with Crippen LogP contribution in [-0.4, -0.2) is 12.6 Å². The maximum atomic E-state index is 3.87. The molecule has 0 bridgehead atoms. The van der Waals surface area contributed by atoms with Crippen molar-refractivity contribution in [2.75, 3.05) is 6.54 Å². The van der Waals surface area contributed by atoms with E-state index in [1.165, 1.54) is 96.4 Å². The van der Waals surface area contributed by atoms with Crippen LogP contribution in [0.1, 0.15) is 104 Å². The summed E-state index contributed by atoms with van der Waals surface area (Å²) in [6.07, 6.45) is 20.1. The Morgan fingerprint density at radius 1 is 0.800 bits per heavy atom. The molecule has 1 fully saturated rings. The van der Waals surface area contributed by atoms with Gasteiger partial charge >= 0.3 is 0 Å². The Bertz CT molecular complexity index is 196. The van der Waals surface area contributed by atoms with E-state index < -0.39 is 0 Å². The van der Waals surface area contributed by atoms with Crippen molar-refractivity contribution < 1.29 is 0 Å². The van der Waals surface area contributed by atoms with E-state index in [1.54, 1.807) is 0 Å². The molecule has 0 aromatic heterocycles. The zero-order valence-corrected chi connectivity index (χ0v) is 14.3. The Morgan fingerprint density at radius 3 is 2.05 bits per heavy atom. The van der Waals surface area contributed by atoms with Crippen molar-refractivity contribution in [1.82, 2.24) is 5.32 Å².